The van der Waals surface area contributed by atoms with Crippen LogP contribution in [0.25, 0.3) is 0 Å². The summed E-state index contributed by atoms with van der Waals surface area (Å²) < 4.78 is 0. The van der Waals surface area contributed by atoms with Crippen LogP contribution in [0.2, 0.25) is 0 Å². The number of rotatable bonds is 5. The summed E-state index contributed by atoms with van der Waals surface area (Å²) in [5.74, 6) is 1.83. The second-order valence-corrected chi connectivity index (χ2v) is 7.96. The van der Waals surface area contributed by atoms with Gasteiger partial charge >= 0.3 is 0 Å². The van der Waals surface area contributed by atoms with Gasteiger partial charge in [0.15, 0.2) is 0 Å². The van der Waals surface area contributed by atoms with Crippen molar-refractivity contribution >= 4 is 17.4 Å². The lowest BCUT2D eigenvalue weighted by Crippen LogP contribution is -2.49. The van der Waals surface area contributed by atoms with Crippen molar-refractivity contribution < 1.29 is 4.79 Å². The van der Waals surface area contributed by atoms with Crippen LogP contribution in [0.5, 0.6) is 0 Å². The lowest BCUT2D eigenvalue weighted by molar-refractivity contribution is 0.0740. The molecule has 0 spiro atoms. The monoisotopic (exact) mass is 381 g/mol. The highest BCUT2D eigenvalue weighted by atomic mass is 16.2. The van der Waals surface area contributed by atoms with Gasteiger partial charge in [-0.1, -0.05) is 26.0 Å². The Hall–Kier alpha value is -2.63. The molecule has 1 aromatic carbocycles. The number of hydrogen-bond donors (Lipinski definition) is 1. The topological polar surface area (TPSA) is 61.4 Å². The number of hydrogen-bond acceptors (Lipinski definition) is 5. The summed E-state index contributed by atoms with van der Waals surface area (Å²) in [6.07, 6.45) is 0. The zero-order chi connectivity index (χ0) is 20.3. The maximum atomic E-state index is 13.0. The number of aryl methyl sites for hydroxylation is 2. The van der Waals surface area contributed by atoms with E-state index in [2.05, 4.69) is 66.1 Å². The van der Waals surface area contributed by atoms with Gasteiger partial charge in [-0.05, 0) is 43.9 Å². The molecule has 0 unspecified atom stereocenters. The number of nitrogens with zero attached hydrogens (tertiary/aromatic N) is 4. The first-order valence-corrected chi connectivity index (χ1v) is 10.0. The van der Waals surface area contributed by atoms with Crippen molar-refractivity contribution in [3.8, 4) is 0 Å². The van der Waals surface area contributed by atoms with Gasteiger partial charge in [-0.15, -0.1) is 0 Å². The van der Waals surface area contributed by atoms with Crippen LogP contribution < -0.4 is 10.2 Å². The standard InChI is InChI=1S/C22H31N5O/c1-15(2)14-23-21-13-19(24-18(5)25-21)22(28)27-11-9-26(10-12-27)20-8-6-7-16(3)17(20)4/h6-8,13,15H,9-12,14H2,1-5H3,(H,23,24,25). The molecule has 1 fully saturated rings. The van der Waals surface area contributed by atoms with Crippen LogP contribution in [0.4, 0.5) is 11.5 Å². The minimum Gasteiger partial charge on any atom is -0.370 e. The fourth-order valence-electron chi connectivity index (χ4n) is 3.47. The number of anilines is 2. The van der Waals surface area contributed by atoms with Gasteiger partial charge in [-0.3, -0.25) is 4.79 Å². The highest BCUT2D eigenvalue weighted by molar-refractivity contribution is 5.93. The predicted octanol–water partition coefficient (Wildman–Crippen LogP) is 3.43. The van der Waals surface area contributed by atoms with E-state index >= 15 is 0 Å². The van der Waals surface area contributed by atoms with E-state index < -0.39 is 0 Å². The van der Waals surface area contributed by atoms with Gasteiger partial charge in [0.05, 0.1) is 0 Å². The third-order valence-corrected chi connectivity index (χ3v) is 5.23. The first-order valence-electron chi connectivity index (χ1n) is 10.0. The van der Waals surface area contributed by atoms with Crippen LogP contribution in [0.15, 0.2) is 24.3 Å². The minimum atomic E-state index is -0.0151. The van der Waals surface area contributed by atoms with Crippen LogP contribution in [0.3, 0.4) is 0 Å². The summed E-state index contributed by atoms with van der Waals surface area (Å²) in [5, 5.41) is 3.29. The number of benzene rings is 1. The summed E-state index contributed by atoms with van der Waals surface area (Å²) in [6.45, 7) is 14.3. The Balaban J connectivity index is 1.67. The molecule has 1 aliphatic heterocycles. The lowest BCUT2D eigenvalue weighted by Gasteiger charge is -2.37. The summed E-state index contributed by atoms with van der Waals surface area (Å²) in [7, 11) is 0. The van der Waals surface area contributed by atoms with Crippen LogP contribution in [0, 0.1) is 26.7 Å². The lowest BCUT2D eigenvalue weighted by atomic mass is 10.1. The number of carbonyl (C=O) groups excluding carboxylic acids is 1. The summed E-state index contributed by atoms with van der Waals surface area (Å²) in [5.41, 5.74) is 4.35. The third kappa shape index (κ3) is 4.61. The molecule has 0 radical (unpaired) electrons. The second kappa shape index (κ2) is 8.59. The molecular weight excluding hydrogens is 350 g/mol. The summed E-state index contributed by atoms with van der Waals surface area (Å²) in [4.78, 5) is 26.0. The molecule has 1 aliphatic rings. The molecule has 28 heavy (non-hydrogen) atoms. The molecule has 2 aromatic rings. The average molecular weight is 382 g/mol. The molecule has 1 saturated heterocycles. The van der Waals surface area contributed by atoms with Crippen LogP contribution in [0.1, 0.15) is 41.3 Å². The minimum absolute atomic E-state index is 0.0151. The van der Waals surface area contributed by atoms with Gasteiger partial charge in [0, 0.05) is 44.5 Å². The van der Waals surface area contributed by atoms with Crippen molar-refractivity contribution in [3.63, 3.8) is 0 Å². The zero-order valence-electron chi connectivity index (χ0n) is 17.6. The third-order valence-electron chi connectivity index (χ3n) is 5.23. The van der Waals surface area contributed by atoms with Gasteiger partial charge in [-0.2, -0.15) is 0 Å². The number of amides is 1. The van der Waals surface area contributed by atoms with E-state index in [1.54, 1.807) is 6.07 Å². The van der Waals surface area contributed by atoms with Gasteiger partial charge in [0.1, 0.15) is 17.3 Å². The van der Waals surface area contributed by atoms with Crippen molar-refractivity contribution in [3.05, 3.63) is 46.9 Å². The molecule has 0 aliphatic carbocycles. The average Bonchev–Trinajstić information content (AvgIpc) is 2.68. The number of carbonyl (C=O) groups is 1. The molecule has 0 bridgehead atoms. The predicted molar refractivity (Wildman–Crippen MR) is 114 cm³/mol. The van der Waals surface area contributed by atoms with E-state index in [0.717, 1.165) is 25.5 Å². The van der Waals surface area contributed by atoms with Crippen molar-refractivity contribution in [1.82, 2.24) is 14.9 Å². The van der Waals surface area contributed by atoms with Gasteiger partial charge in [-0.25, -0.2) is 9.97 Å². The van der Waals surface area contributed by atoms with Crippen LogP contribution in [-0.4, -0.2) is 53.5 Å². The molecule has 0 atom stereocenters. The molecule has 2 heterocycles. The largest absolute Gasteiger partial charge is 0.370 e. The molecule has 1 N–H and O–H groups in total. The van der Waals surface area contributed by atoms with Gasteiger partial charge in [0.25, 0.3) is 5.91 Å². The normalized spacial score (nSPS) is 14.5. The Morgan fingerprint density at radius 1 is 1.11 bits per heavy atom. The Kier molecular flexibility index (Phi) is 6.17. The molecule has 6 nitrogen and oxygen atoms in total. The fraction of sp³-hybridized carbons (Fsp3) is 0.500. The van der Waals surface area contributed by atoms with Crippen molar-refractivity contribution in [2.75, 3.05) is 42.9 Å². The molecule has 1 aromatic heterocycles. The van der Waals surface area contributed by atoms with Crippen molar-refractivity contribution in [2.45, 2.75) is 34.6 Å². The second-order valence-electron chi connectivity index (χ2n) is 7.96. The zero-order valence-corrected chi connectivity index (χ0v) is 17.6. The van der Waals surface area contributed by atoms with Crippen molar-refractivity contribution in [2.24, 2.45) is 5.92 Å². The highest BCUT2D eigenvalue weighted by Crippen LogP contribution is 2.24. The van der Waals surface area contributed by atoms with E-state index in [4.69, 9.17) is 0 Å². The van der Waals surface area contributed by atoms with E-state index in [1.165, 1.54) is 16.8 Å². The van der Waals surface area contributed by atoms with E-state index in [9.17, 15) is 4.79 Å². The van der Waals surface area contributed by atoms with Crippen LogP contribution >= 0.6 is 0 Å². The van der Waals surface area contributed by atoms with Crippen LogP contribution in [-0.2, 0) is 0 Å². The Morgan fingerprint density at radius 2 is 1.82 bits per heavy atom. The number of nitrogens with one attached hydrogen (secondary N) is 1. The summed E-state index contributed by atoms with van der Waals surface area (Å²) >= 11 is 0. The van der Waals surface area contributed by atoms with Gasteiger partial charge < -0.3 is 15.1 Å². The smallest absolute Gasteiger partial charge is 0.272 e. The SMILES string of the molecule is Cc1nc(NCC(C)C)cc(C(=O)N2CCN(c3cccc(C)c3C)CC2)n1. The summed E-state index contributed by atoms with van der Waals surface area (Å²) in [6, 6.07) is 8.18. The molecule has 1 amide bonds. The Bertz CT molecular complexity index is 841. The molecular formula is C22H31N5O. The quantitative estimate of drug-likeness (QED) is 0.860. The van der Waals surface area contributed by atoms with Crippen molar-refractivity contribution in [1.29, 1.82) is 0 Å². The molecule has 6 heteroatoms. The number of aromatic nitrogens is 2. The molecule has 3 rings (SSSR count). The van der Waals surface area contributed by atoms with E-state index in [-0.39, 0.29) is 5.91 Å². The first kappa shape index (κ1) is 20.1. The first-order chi connectivity index (χ1) is 13.3. The molecule has 150 valence electrons. The maximum Gasteiger partial charge on any atom is 0.272 e. The van der Waals surface area contributed by atoms with Gasteiger partial charge in [0.2, 0.25) is 0 Å². The van der Waals surface area contributed by atoms with E-state index in [0.29, 0.717) is 30.5 Å². The molecule has 0 saturated carbocycles. The Labute approximate surface area is 168 Å². The fourth-order valence-corrected chi connectivity index (χ4v) is 3.47. The Morgan fingerprint density at radius 3 is 2.50 bits per heavy atom. The van der Waals surface area contributed by atoms with E-state index in [1.807, 2.05) is 11.8 Å². The number of piperazine rings is 1. The maximum absolute atomic E-state index is 13.0. The highest BCUT2D eigenvalue weighted by Gasteiger charge is 2.24.